The van der Waals surface area contributed by atoms with E-state index in [2.05, 4.69) is 39.9 Å². The van der Waals surface area contributed by atoms with Gasteiger partial charge in [0.2, 0.25) is 0 Å². The Hall–Kier alpha value is -1.32. The van der Waals surface area contributed by atoms with E-state index in [-0.39, 0.29) is 5.78 Å². The normalized spacial score (nSPS) is 10.5. The molecule has 4 heteroatoms. The number of anilines is 1. The fourth-order valence-electron chi connectivity index (χ4n) is 2.11. The van der Waals surface area contributed by atoms with Gasteiger partial charge in [-0.3, -0.25) is 4.79 Å². The van der Waals surface area contributed by atoms with Gasteiger partial charge in [0.1, 0.15) is 0 Å². The first-order chi connectivity index (χ1) is 9.97. The summed E-state index contributed by atoms with van der Waals surface area (Å²) in [5, 5.41) is 0.493. The Morgan fingerprint density at radius 3 is 2.67 bits per heavy atom. The Bertz CT molecular complexity index is 657. The van der Waals surface area contributed by atoms with Crippen LogP contribution in [-0.4, -0.2) is 19.4 Å². The number of halogens is 2. The van der Waals surface area contributed by atoms with E-state index in [0.717, 1.165) is 10.2 Å². The fraction of sp³-hybridized carbons (Fsp3) is 0.235. The van der Waals surface area contributed by atoms with Crippen LogP contribution in [0.2, 0.25) is 5.02 Å². The van der Waals surface area contributed by atoms with Crippen LogP contribution in [0.1, 0.15) is 22.3 Å². The Balaban J connectivity index is 2.00. The highest BCUT2D eigenvalue weighted by Crippen LogP contribution is 2.23. The monoisotopic (exact) mass is 365 g/mol. The zero-order valence-corrected chi connectivity index (χ0v) is 14.4. The van der Waals surface area contributed by atoms with E-state index < -0.39 is 0 Å². The van der Waals surface area contributed by atoms with Crippen LogP contribution in [0, 0.1) is 6.92 Å². The maximum Gasteiger partial charge on any atom is 0.166 e. The number of hydrogen-bond acceptors (Lipinski definition) is 2. The van der Waals surface area contributed by atoms with Gasteiger partial charge in [0, 0.05) is 35.7 Å². The summed E-state index contributed by atoms with van der Waals surface area (Å²) in [5.41, 5.74) is 2.91. The predicted molar refractivity (Wildman–Crippen MR) is 92.5 cm³/mol. The van der Waals surface area contributed by atoms with Crippen LogP contribution >= 0.6 is 27.5 Å². The first-order valence-electron chi connectivity index (χ1n) is 6.73. The predicted octanol–water partition coefficient (Wildman–Crippen LogP) is 5.12. The summed E-state index contributed by atoms with van der Waals surface area (Å²) in [4.78, 5) is 14.3. The van der Waals surface area contributed by atoms with E-state index in [0.29, 0.717) is 23.6 Å². The Morgan fingerprint density at radius 1 is 1.24 bits per heavy atom. The van der Waals surface area contributed by atoms with Gasteiger partial charge in [-0.1, -0.05) is 39.7 Å². The molecule has 0 saturated heterocycles. The average molecular weight is 367 g/mol. The van der Waals surface area contributed by atoms with E-state index in [9.17, 15) is 4.79 Å². The molecule has 0 N–H and O–H groups in total. The molecule has 0 aliphatic carbocycles. The summed E-state index contributed by atoms with van der Waals surface area (Å²) in [6.45, 7) is 2.72. The van der Waals surface area contributed by atoms with Gasteiger partial charge in [0.15, 0.2) is 5.78 Å². The average Bonchev–Trinajstić information content (AvgIpc) is 2.44. The van der Waals surface area contributed by atoms with E-state index in [1.54, 1.807) is 12.1 Å². The van der Waals surface area contributed by atoms with E-state index >= 15 is 0 Å². The van der Waals surface area contributed by atoms with Crippen molar-refractivity contribution in [3.8, 4) is 0 Å². The molecule has 0 radical (unpaired) electrons. The maximum atomic E-state index is 12.3. The Labute approximate surface area is 138 Å². The van der Waals surface area contributed by atoms with Crippen molar-refractivity contribution < 1.29 is 4.79 Å². The van der Waals surface area contributed by atoms with Crippen LogP contribution in [0.25, 0.3) is 0 Å². The quantitative estimate of drug-likeness (QED) is 0.684. The second-order valence-electron chi connectivity index (χ2n) is 5.06. The highest BCUT2D eigenvalue weighted by molar-refractivity contribution is 9.10. The van der Waals surface area contributed by atoms with Crippen molar-refractivity contribution in [2.24, 2.45) is 0 Å². The minimum Gasteiger partial charge on any atom is -0.374 e. The molecule has 0 aliphatic heterocycles. The number of ketones is 1. The highest BCUT2D eigenvalue weighted by atomic mass is 79.9. The summed E-state index contributed by atoms with van der Waals surface area (Å²) in [6, 6.07) is 13.6. The van der Waals surface area contributed by atoms with Gasteiger partial charge in [-0.15, -0.1) is 0 Å². The molecule has 0 fully saturated rings. The van der Waals surface area contributed by atoms with Crippen molar-refractivity contribution in [3.63, 3.8) is 0 Å². The molecule has 2 nitrogen and oxygen atoms in total. The minimum absolute atomic E-state index is 0.0620. The lowest BCUT2D eigenvalue weighted by Crippen LogP contribution is -2.21. The Morgan fingerprint density at radius 2 is 2.00 bits per heavy atom. The van der Waals surface area contributed by atoms with E-state index in [1.807, 2.05) is 25.2 Å². The number of nitrogens with zero attached hydrogens (tertiary/aromatic N) is 1. The fourth-order valence-corrected chi connectivity index (χ4v) is 2.89. The minimum atomic E-state index is 0.0620. The lowest BCUT2D eigenvalue weighted by atomic mass is 10.1. The van der Waals surface area contributed by atoms with Gasteiger partial charge in [0.05, 0.1) is 5.02 Å². The number of aryl methyl sites for hydroxylation is 1. The zero-order valence-electron chi connectivity index (χ0n) is 12.1. The zero-order chi connectivity index (χ0) is 15.4. The van der Waals surface area contributed by atoms with E-state index in [1.165, 1.54) is 5.56 Å². The van der Waals surface area contributed by atoms with Gasteiger partial charge in [-0.05, 0) is 42.8 Å². The maximum absolute atomic E-state index is 12.3. The molecule has 2 rings (SSSR count). The molecule has 2 aromatic rings. The molecular formula is C17H17BrClNO. The summed E-state index contributed by atoms with van der Waals surface area (Å²) in [6.07, 6.45) is 0.436. The van der Waals surface area contributed by atoms with Crippen molar-refractivity contribution in [3.05, 3.63) is 63.1 Å². The summed E-state index contributed by atoms with van der Waals surface area (Å²) >= 11 is 9.45. The van der Waals surface area contributed by atoms with Crippen molar-refractivity contribution >= 4 is 39.0 Å². The third kappa shape index (κ3) is 4.32. The molecule has 0 amide bonds. The van der Waals surface area contributed by atoms with Gasteiger partial charge in [-0.25, -0.2) is 0 Å². The largest absolute Gasteiger partial charge is 0.374 e. The second-order valence-corrected chi connectivity index (χ2v) is 6.38. The molecule has 0 aromatic heterocycles. The number of Topliss-reactive ketones (excluding diaryl/α,β-unsaturated/α-hetero) is 1. The van der Waals surface area contributed by atoms with Crippen molar-refractivity contribution in [2.45, 2.75) is 13.3 Å². The van der Waals surface area contributed by atoms with Crippen LogP contribution < -0.4 is 4.90 Å². The molecule has 0 spiro atoms. The van der Waals surface area contributed by atoms with Crippen LogP contribution in [0.5, 0.6) is 0 Å². The number of hydrogen-bond donors (Lipinski definition) is 0. The van der Waals surface area contributed by atoms with Gasteiger partial charge < -0.3 is 4.90 Å². The van der Waals surface area contributed by atoms with Crippen LogP contribution in [-0.2, 0) is 0 Å². The smallest absolute Gasteiger partial charge is 0.166 e. The van der Waals surface area contributed by atoms with Crippen molar-refractivity contribution in [1.82, 2.24) is 0 Å². The topological polar surface area (TPSA) is 20.3 Å². The summed E-state index contributed by atoms with van der Waals surface area (Å²) in [7, 11) is 1.99. The standard InChI is InChI=1S/C17H17BrClNO/c1-12-4-3-5-14(10-12)20(2)9-8-17(21)15-7-6-13(18)11-16(15)19/h3-7,10-11H,8-9H2,1-2H3. The lowest BCUT2D eigenvalue weighted by molar-refractivity contribution is 0.0985. The summed E-state index contributed by atoms with van der Waals surface area (Å²) in [5.74, 6) is 0.0620. The lowest BCUT2D eigenvalue weighted by Gasteiger charge is -2.19. The van der Waals surface area contributed by atoms with Gasteiger partial charge in [-0.2, -0.15) is 0 Å². The molecule has 21 heavy (non-hydrogen) atoms. The Kier molecular flexibility index (Phi) is 5.43. The molecule has 110 valence electrons. The number of rotatable bonds is 5. The van der Waals surface area contributed by atoms with Crippen LogP contribution in [0.3, 0.4) is 0 Å². The SMILES string of the molecule is Cc1cccc(N(C)CCC(=O)c2ccc(Br)cc2Cl)c1. The van der Waals surface area contributed by atoms with Crippen LogP contribution in [0.15, 0.2) is 46.9 Å². The molecule has 0 unspecified atom stereocenters. The van der Waals surface area contributed by atoms with Crippen molar-refractivity contribution in [2.75, 3.05) is 18.5 Å². The molecule has 0 saturated carbocycles. The number of carbonyl (C=O) groups excluding carboxylic acids is 1. The third-order valence-corrected chi connectivity index (χ3v) is 4.15. The van der Waals surface area contributed by atoms with E-state index in [4.69, 9.17) is 11.6 Å². The number of carbonyl (C=O) groups is 1. The van der Waals surface area contributed by atoms with Gasteiger partial charge >= 0.3 is 0 Å². The molecule has 0 aliphatic rings. The second kappa shape index (κ2) is 7.10. The highest BCUT2D eigenvalue weighted by Gasteiger charge is 2.12. The first kappa shape index (κ1) is 16.1. The van der Waals surface area contributed by atoms with Gasteiger partial charge in [0.25, 0.3) is 0 Å². The molecule has 2 aromatic carbocycles. The molecular weight excluding hydrogens is 350 g/mol. The first-order valence-corrected chi connectivity index (χ1v) is 7.90. The molecule has 0 heterocycles. The molecule has 0 bridgehead atoms. The number of benzene rings is 2. The third-order valence-electron chi connectivity index (χ3n) is 3.35. The van der Waals surface area contributed by atoms with Crippen LogP contribution in [0.4, 0.5) is 5.69 Å². The summed E-state index contributed by atoms with van der Waals surface area (Å²) < 4.78 is 0.876. The van der Waals surface area contributed by atoms with Crippen molar-refractivity contribution in [1.29, 1.82) is 0 Å². The molecule has 0 atom stereocenters.